The van der Waals surface area contributed by atoms with Gasteiger partial charge in [0.15, 0.2) is 0 Å². The second kappa shape index (κ2) is 5.08. The van der Waals surface area contributed by atoms with Gasteiger partial charge in [0.05, 0.1) is 20.5 Å². The van der Waals surface area contributed by atoms with Gasteiger partial charge < -0.3 is 8.83 Å². The first kappa shape index (κ1) is 13.2. The highest BCUT2D eigenvalue weighted by molar-refractivity contribution is 7.13. The lowest BCUT2D eigenvalue weighted by Crippen LogP contribution is -2.08. The highest BCUT2D eigenvalue weighted by atomic mass is 32.1. The Morgan fingerprint density at radius 3 is 1.55 bits per heavy atom. The maximum Gasteiger partial charge on any atom is 0.344 e. The van der Waals surface area contributed by atoms with Crippen LogP contribution in [0.2, 0.25) is 0 Å². The fourth-order valence-corrected chi connectivity index (χ4v) is 3.56. The summed E-state index contributed by atoms with van der Waals surface area (Å²) in [6, 6.07) is 10.5. The maximum absolute atomic E-state index is 12.2. The van der Waals surface area contributed by atoms with Gasteiger partial charge in [0.1, 0.15) is 11.5 Å². The molecule has 108 valence electrons. The molecule has 4 rings (SSSR count). The zero-order valence-electron chi connectivity index (χ0n) is 11.1. The van der Waals surface area contributed by atoms with Gasteiger partial charge in [0.2, 0.25) is 0 Å². The average molecular weight is 328 g/mol. The number of hydrogen-bond donors (Lipinski definition) is 0. The third-order valence-electron chi connectivity index (χ3n) is 3.21. The molecule has 22 heavy (non-hydrogen) atoms. The standard InChI is InChI=1S/C16H8O4S2/c17-15-10-8-12(14-4-2-6-22-14)20-16(18)9(10)7-11(19-15)13-3-1-5-21-13/h1-8H. The molecule has 0 spiro atoms. The van der Waals surface area contributed by atoms with Crippen LogP contribution in [-0.4, -0.2) is 0 Å². The average Bonchev–Trinajstić information content (AvgIpc) is 3.21. The summed E-state index contributed by atoms with van der Waals surface area (Å²) >= 11 is 2.87. The van der Waals surface area contributed by atoms with Crippen LogP contribution in [0.1, 0.15) is 0 Å². The minimum atomic E-state index is -0.536. The zero-order valence-corrected chi connectivity index (χ0v) is 12.7. The number of thiophene rings is 2. The fourth-order valence-electron chi connectivity index (χ4n) is 2.20. The quantitative estimate of drug-likeness (QED) is 0.553. The van der Waals surface area contributed by atoms with Crippen molar-refractivity contribution in [2.24, 2.45) is 0 Å². The summed E-state index contributed by atoms with van der Waals surface area (Å²) < 4.78 is 10.7. The molecule has 0 radical (unpaired) electrons. The summed E-state index contributed by atoms with van der Waals surface area (Å²) in [4.78, 5) is 26.0. The molecule has 4 heterocycles. The van der Waals surface area contributed by atoms with Crippen molar-refractivity contribution in [2.75, 3.05) is 0 Å². The fraction of sp³-hybridized carbons (Fsp3) is 0. The van der Waals surface area contributed by atoms with E-state index in [0.717, 1.165) is 9.75 Å². The lowest BCUT2D eigenvalue weighted by molar-refractivity contribution is 0.521. The monoisotopic (exact) mass is 328 g/mol. The summed E-state index contributed by atoms with van der Waals surface area (Å²) in [5.41, 5.74) is -1.07. The van der Waals surface area contributed by atoms with Crippen molar-refractivity contribution in [2.45, 2.75) is 0 Å². The van der Waals surface area contributed by atoms with Crippen LogP contribution in [0.3, 0.4) is 0 Å². The summed E-state index contributed by atoms with van der Waals surface area (Å²) in [6.45, 7) is 0. The van der Waals surface area contributed by atoms with Crippen molar-refractivity contribution in [3.63, 3.8) is 0 Å². The minimum absolute atomic E-state index is 0.236. The summed E-state index contributed by atoms with van der Waals surface area (Å²) in [5.74, 6) is 0.757. The second-order valence-corrected chi connectivity index (χ2v) is 6.47. The van der Waals surface area contributed by atoms with Gasteiger partial charge in [-0.3, -0.25) is 0 Å². The van der Waals surface area contributed by atoms with Gasteiger partial charge in [-0.15, -0.1) is 22.7 Å². The molecule has 4 aromatic heterocycles. The van der Waals surface area contributed by atoms with E-state index in [-0.39, 0.29) is 10.8 Å². The van der Waals surface area contributed by atoms with Crippen LogP contribution < -0.4 is 11.3 Å². The molecular formula is C16H8O4S2. The van der Waals surface area contributed by atoms with Crippen molar-refractivity contribution in [1.29, 1.82) is 0 Å². The molecule has 0 aromatic carbocycles. The highest BCUT2D eigenvalue weighted by Crippen LogP contribution is 2.28. The van der Waals surface area contributed by atoms with Crippen molar-refractivity contribution in [3.05, 3.63) is 68.0 Å². The first-order chi connectivity index (χ1) is 10.7. The molecule has 6 heteroatoms. The molecule has 0 atom stereocenters. The SMILES string of the molecule is O=c1oc(-c2cccs2)cc2c(=O)oc(-c3cccs3)cc12. The van der Waals surface area contributed by atoms with E-state index in [1.807, 2.05) is 35.0 Å². The first-order valence-electron chi connectivity index (χ1n) is 6.42. The molecule has 0 amide bonds. The van der Waals surface area contributed by atoms with Gasteiger partial charge in [-0.25, -0.2) is 9.59 Å². The Morgan fingerprint density at radius 2 is 1.18 bits per heavy atom. The van der Waals surface area contributed by atoms with Crippen molar-refractivity contribution < 1.29 is 8.83 Å². The van der Waals surface area contributed by atoms with Crippen LogP contribution in [0, 0.1) is 0 Å². The molecule has 0 unspecified atom stereocenters. The molecular weight excluding hydrogens is 320 g/mol. The summed E-state index contributed by atoms with van der Waals surface area (Å²) in [7, 11) is 0. The van der Waals surface area contributed by atoms with E-state index in [9.17, 15) is 9.59 Å². The second-order valence-electron chi connectivity index (χ2n) is 4.58. The largest absolute Gasteiger partial charge is 0.421 e. The molecule has 0 aliphatic rings. The Morgan fingerprint density at radius 1 is 0.727 bits per heavy atom. The molecule has 0 fully saturated rings. The lowest BCUT2D eigenvalue weighted by Gasteiger charge is -2.01. The van der Waals surface area contributed by atoms with E-state index in [0.29, 0.717) is 11.5 Å². The first-order valence-corrected chi connectivity index (χ1v) is 8.18. The number of hydrogen-bond acceptors (Lipinski definition) is 6. The normalized spacial score (nSPS) is 11.1. The van der Waals surface area contributed by atoms with E-state index in [1.54, 1.807) is 12.1 Å². The van der Waals surface area contributed by atoms with Gasteiger partial charge in [0, 0.05) is 0 Å². The predicted molar refractivity (Wildman–Crippen MR) is 87.6 cm³/mol. The van der Waals surface area contributed by atoms with Crippen LogP contribution in [0.4, 0.5) is 0 Å². The Hall–Kier alpha value is -2.44. The molecule has 0 N–H and O–H groups in total. The smallest absolute Gasteiger partial charge is 0.344 e. The Bertz CT molecular complexity index is 966. The lowest BCUT2D eigenvalue weighted by atomic mass is 10.2. The van der Waals surface area contributed by atoms with E-state index in [4.69, 9.17) is 8.83 Å². The van der Waals surface area contributed by atoms with Gasteiger partial charge >= 0.3 is 11.3 Å². The zero-order chi connectivity index (χ0) is 15.1. The van der Waals surface area contributed by atoms with Gasteiger partial charge in [0.25, 0.3) is 0 Å². The predicted octanol–water partition coefficient (Wildman–Crippen LogP) is 4.20. The molecule has 4 nitrogen and oxygen atoms in total. The third-order valence-corrected chi connectivity index (χ3v) is 4.98. The summed E-state index contributed by atoms with van der Waals surface area (Å²) in [6.07, 6.45) is 0. The summed E-state index contributed by atoms with van der Waals surface area (Å²) in [5, 5.41) is 4.23. The van der Waals surface area contributed by atoms with Crippen LogP contribution in [0.15, 0.2) is 65.6 Å². The van der Waals surface area contributed by atoms with Gasteiger partial charge in [-0.05, 0) is 35.0 Å². The minimum Gasteiger partial charge on any atom is -0.421 e. The topological polar surface area (TPSA) is 60.4 Å². The van der Waals surface area contributed by atoms with Crippen molar-refractivity contribution in [3.8, 4) is 21.3 Å². The Kier molecular flexibility index (Phi) is 3.06. The van der Waals surface area contributed by atoms with Crippen LogP contribution in [0.25, 0.3) is 32.0 Å². The van der Waals surface area contributed by atoms with Crippen molar-refractivity contribution in [1.82, 2.24) is 0 Å². The number of fused-ring (bicyclic) bond motifs is 1. The van der Waals surface area contributed by atoms with E-state index in [1.165, 1.54) is 22.7 Å². The Labute approximate surface area is 131 Å². The van der Waals surface area contributed by atoms with Crippen LogP contribution in [-0.2, 0) is 0 Å². The van der Waals surface area contributed by atoms with Gasteiger partial charge in [-0.1, -0.05) is 12.1 Å². The molecule has 4 aromatic rings. The van der Waals surface area contributed by atoms with E-state index in [2.05, 4.69) is 0 Å². The van der Waals surface area contributed by atoms with Crippen molar-refractivity contribution >= 4 is 33.4 Å². The molecule has 0 saturated heterocycles. The maximum atomic E-state index is 12.2. The van der Waals surface area contributed by atoms with Crippen LogP contribution >= 0.6 is 22.7 Å². The Balaban J connectivity index is 2.01. The molecule has 0 aliphatic heterocycles. The van der Waals surface area contributed by atoms with E-state index >= 15 is 0 Å². The third kappa shape index (κ3) is 2.13. The molecule has 0 aliphatic carbocycles. The van der Waals surface area contributed by atoms with E-state index < -0.39 is 11.3 Å². The molecule has 0 saturated carbocycles. The van der Waals surface area contributed by atoms with Gasteiger partial charge in [-0.2, -0.15) is 0 Å². The van der Waals surface area contributed by atoms with Crippen LogP contribution in [0.5, 0.6) is 0 Å². The highest BCUT2D eigenvalue weighted by Gasteiger charge is 2.14. The molecule has 0 bridgehead atoms. The number of rotatable bonds is 2.